The summed E-state index contributed by atoms with van der Waals surface area (Å²) < 4.78 is 5.80. The topological polar surface area (TPSA) is 116 Å². The summed E-state index contributed by atoms with van der Waals surface area (Å²) in [6, 6.07) is 13.3. The average molecular weight is 440 g/mol. The maximum Gasteiger partial charge on any atom is 0.415 e. The lowest BCUT2D eigenvalue weighted by atomic mass is 10.0. The molecule has 0 saturated heterocycles. The third-order valence-corrected chi connectivity index (χ3v) is 5.25. The lowest BCUT2D eigenvalue weighted by molar-refractivity contribution is 0.144. The largest absolute Gasteiger partial charge is 0.508 e. The smallest absolute Gasteiger partial charge is 0.415 e. The molecule has 0 radical (unpaired) electrons. The lowest BCUT2D eigenvalue weighted by Crippen LogP contribution is -2.48. The van der Waals surface area contributed by atoms with Crippen LogP contribution in [-0.2, 0) is 12.8 Å². The Morgan fingerprint density at radius 1 is 1.09 bits per heavy atom. The molecule has 0 spiro atoms. The number of hydrogen-bond acceptors (Lipinski definition) is 5. The van der Waals surface area contributed by atoms with Gasteiger partial charge < -0.3 is 19.9 Å². The van der Waals surface area contributed by atoms with Crippen LogP contribution in [0.25, 0.3) is 11.1 Å². The summed E-state index contributed by atoms with van der Waals surface area (Å²) in [5.41, 5.74) is 2.12. The number of aromatic hydroxyl groups is 1. The quantitative estimate of drug-likeness (QED) is 0.440. The highest BCUT2D eigenvalue weighted by atomic mass is 16.4. The van der Waals surface area contributed by atoms with Crippen LogP contribution in [0, 0.1) is 5.92 Å². The van der Waals surface area contributed by atoms with Crippen molar-refractivity contribution in [2.75, 3.05) is 6.54 Å². The third kappa shape index (κ3) is 6.23. The molecule has 8 heteroatoms. The normalized spacial score (nSPS) is 12.1. The van der Waals surface area contributed by atoms with Gasteiger partial charge >= 0.3 is 12.1 Å². The van der Waals surface area contributed by atoms with Crippen LogP contribution in [0.2, 0.25) is 0 Å². The summed E-state index contributed by atoms with van der Waals surface area (Å²) >= 11 is 0. The predicted molar refractivity (Wildman–Crippen MR) is 121 cm³/mol. The molecule has 3 rings (SSSR count). The number of nitrogens with one attached hydrogen (secondary N) is 1. The van der Waals surface area contributed by atoms with Gasteiger partial charge in [-0.3, -0.25) is 0 Å². The molecule has 170 valence electrons. The molecule has 8 nitrogen and oxygen atoms in total. The summed E-state index contributed by atoms with van der Waals surface area (Å²) in [5.74, 6) is 0.905. The minimum Gasteiger partial charge on any atom is -0.508 e. The highest BCUT2D eigenvalue weighted by Crippen LogP contribution is 2.20. The maximum absolute atomic E-state index is 12.8. The molecule has 0 aliphatic carbocycles. The van der Waals surface area contributed by atoms with Crippen molar-refractivity contribution in [2.45, 2.75) is 45.6 Å². The number of nitrogens with zero attached hydrogens (tertiary/aromatic N) is 2. The summed E-state index contributed by atoms with van der Waals surface area (Å²) in [6.45, 7) is 4.06. The number of carboxylic acid groups (broad SMARTS) is 1. The van der Waals surface area contributed by atoms with Crippen molar-refractivity contribution in [1.82, 2.24) is 15.2 Å². The van der Waals surface area contributed by atoms with Gasteiger partial charge in [-0.1, -0.05) is 44.2 Å². The number of benzene rings is 2. The molecule has 0 saturated carbocycles. The molecule has 1 atom stereocenters. The summed E-state index contributed by atoms with van der Waals surface area (Å²) in [7, 11) is 0. The van der Waals surface area contributed by atoms with E-state index in [9.17, 15) is 19.8 Å². The van der Waals surface area contributed by atoms with Crippen molar-refractivity contribution in [3.63, 3.8) is 0 Å². The summed E-state index contributed by atoms with van der Waals surface area (Å²) in [6.07, 6.45) is 0.555. The minimum absolute atomic E-state index is 0.119. The number of carbonyl (C=O) groups is 2. The van der Waals surface area contributed by atoms with E-state index in [-0.39, 0.29) is 18.2 Å². The highest BCUT2D eigenvalue weighted by Gasteiger charge is 2.25. The van der Waals surface area contributed by atoms with Gasteiger partial charge in [0.2, 0.25) is 0 Å². The number of hydrogen-bond donors (Lipinski definition) is 3. The molecule has 2 aromatic carbocycles. The number of carbonyl (C=O) groups excluding carboxylic acids is 1. The van der Waals surface area contributed by atoms with Crippen LogP contribution >= 0.6 is 0 Å². The van der Waals surface area contributed by atoms with Crippen LogP contribution in [0.1, 0.15) is 38.1 Å². The van der Waals surface area contributed by atoms with E-state index in [1.165, 1.54) is 0 Å². The van der Waals surface area contributed by atoms with Crippen LogP contribution in [0.15, 0.2) is 52.9 Å². The Kier molecular flexibility index (Phi) is 7.70. The van der Waals surface area contributed by atoms with Gasteiger partial charge in [-0.15, -0.1) is 0 Å². The number of aromatic nitrogens is 1. The first-order valence-corrected chi connectivity index (χ1v) is 10.8. The molecule has 1 heterocycles. The van der Waals surface area contributed by atoms with Crippen LogP contribution in [0.5, 0.6) is 5.75 Å². The fraction of sp³-hybridized carbons (Fsp3) is 0.375. The van der Waals surface area contributed by atoms with Crippen molar-refractivity contribution in [1.29, 1.82) is 0 Å². The first-order valence-electron chi connectivity index (χ1n) is 10.8. The molecule has 3 N–H and O–H groups in total. The fourth-order valence-corrected chi connectivity index (χ4v) is 3.42. The lowest BCUT2D eigenvalue weighted by Gasteiger charge is -2.23. The molecule has 0 bridgehead atoms. The van der Waals surface area contributed by atoms with E-state index in [4.69, 9.17) is 4.42 Å². The van der Waals surface area contributed by atoms with Crippen molar-refractivity contribution < 1.29 is 24.2 Å². The second-order valence-electron chi connectivity index (χ2n) is 8.21. The zero-order valence-electron chi connectivity index (χ0n) is 18.3. The van der Waals surface area contributed by atoms with Gasteiger partial charge in [0.15, 0.2) is 11.5 Å². The number of amides is 3. The van der Waals surface area contributed by atoms with E-state index in [0.717, 1.165) is 16.0 Å². The monoisotopic (exact) mass is 439 g/mol. The van der Waals surface area contributed by atoms with E-state index in [1.807, 2.05) is 50.2 Å². The Morgan fingerprint density at radius 3 is 2.50 bits per heavy atom. The Labute approximate surface area is 186 Å². The molecule has 3 aromatic rings. The van der Waals surface area contributed by atoms with Crippen LogP contribution in [0.3, 0.4) is 0 Å². The minimum atomic E-state index is -1.29. The van der Waals surface area contributed by atoms with E-state index in [2.05, 4.69) is 10.3 Å². The zero-order chi connectivity index (χ0) is 23.1. The van der Waals surface area contributed by atoms with Gasteiger partial charge in [0.1, 0.15) is 11.3 Å². The van der Waals surface area contributed by atoms with Gasteiger partial charge in [-0.05, 0) is 48.9 Å². The number of urea groups is 1. The standard InChI is InChI=1S/C24H29N3O5/c1-16(2)13-14-27(24(30)31)23(29)25-18(12-11-17-7-3-5-9-20(17)28)15-22-26-19-8-4-6-10-21(19)32-22/h3-10,16,18,28H,11-15H2,1-2H3,(H,25,29)(H,30,31)/t18-/m0/s1. The van der Waals surface area contributed by atoms with Crippen molar-refractivity contribution >= 4 is 23.2 Å². The number of imide groups is 1. The Balaban J connectivity index is 1.76. The van der Waals surface area contributed by atoms with Crippen molar-refractivity contribution in [3.8, 4) is 5.75 Å². The Morgan fingerprint density at radius 2 is 1.81 bits per heavy atom. The van der Waals surface area contributed by atoms with E-state index >= 15 is 0 Å². The Hall–Kier alpha value is -3.55. The van der Waals surface area contributed by atoms with E-state index < -0.39 is 18.2 Å². The molecule has 1 aromatic heterocycles. The number of phenols is 1. The molecule has 32 heavy (non-hydrogen) atoms. The molecule has 0 fully saturated rings. The first kappa shape index (κ1) is 23.1. The van der Waals surface area contributed by atoms with Crippen LogP contribution < -0.4 is 5.32 Å². The number of oxazole rings is 1. The van der Waals surface area contributed by atoms with Crippen LogP contribution in [-0.4, -0.2) is 44.8 Å². The Bertz CT molecular complexity index is 1030. The van der Waals surface area contributed by atoms with E-state index in [0.29, 0.717) is 37.2 Å². The predicted octanol–water partition coefficient (Wildman–Crippen LogP) is 4.81. The molecular weight excluding hydrogens is 410 g/mol. The average Bonchev–Trinajstić information content (AvgIpc) is 3.15. The highest BCUT2D eigenvalue weighted by molar-refractivity contribution is 5.90. The number of aryl methyl sites for hydroxylation is 1. The van der Waals surface area contributed by atoms with Gasteiger partial charge in [-0.25, -0.2) is 19.5 Å². The SMILES string of the molecule is CC(C)CCN(C(=O)O)C(=O)N[C@@H](CCc1ccccc1O)Cc1nc2ccccc2o1. The number of phenolic OH excluding ortho intramolecular Hbond substituents is 1. The van der Waals surface area contributed by atoms with Gasteiger partial charge in [0, 0.05) is 19.0 Å². The second-order valence-corrected chi connectivity index (χ2v) is 8.21. The van der Waals surface area contributed by atoms with Crippen LogP contribution in [0.4, 0.5) is 9.59 Å². The summed E-state index contributed by atoms with van der Waals surface area (Å²) in [5, 5.41) is 22.4. The maximum atomic E-state index is 12.8. The number of para-hydroxylation sites is 3. The third-order valence-electron chi connectivity index (χ3n) is 5.25. The molecular formula is C24H29N3O5. The number of rotatable bonds is 9. The first-order chi connectivity index (χ1) is 15.3. The fourth-order valence-electron chi connectivity index (χ4n) is 3.42. The zero-order valence-corrected chi connectivity index (χ0v) is 18.3. The summed E-state index contributed by atoms with van der Waals surface area (Å²) in [4.78, 5) is 29.7. The van der Waals surface area contributed by atoms with Gasteiger partial charge in [-0.2, -0.15) is 0 Å². The number of fused-ring (bicyclic) bond motifs is 1. The second kappa shape index (κ2) is 10.7. The molecule has 0 unspecified atom stereocenters. The van der Waals surface area contributed by atoms with Gasteiger partial charge in [0.25, 0.3) is 0 Å². The van der Waals surface area contributed by atoms with Gasteiger partial charge in [0.05, 0.1) is 0 Å². The molecule has 0 aliphatic rings. The molecule has 0 aliphatic heterocycles. The van der Waals surface area contributed by atoms with Crippen molar-refractivity contribution in [2.24, 2.45) is 5.92 Å². The van der Waals surface area contributed by atoms with Crippen molar-refractivity contribution in [3.05, 3.63) is 60.0 Å². The van der Waals surface area contributed by atoms with E-state index in [1.54, 1.807) is 12.1 Å². The molecule has 3 amide bonds.